The molecule has 0 aromatic heterocycles. The number of rotatable bonds is 6. The van der Waals surface area contributed by atoms with Crippen molar-refractivity contribution in [3.8, 4) is 0 Å². The van der Waals surface area contributed by atoms with Crippen LogP contribution in [0.5, 0.6) is 0 Å². The Hall–Kier alpha value is -0.160. The van der Waals surface area contributed by atoms with Gasteiger partial charge in [0.05, 0.1) is 23.8 Å². The summed E-state index contributed by atoms with van der Waals surface area (Å²) in [5.74, 6) is 4.87. The SMILES string of the molecule is CC(C)CC[C@H]1C[C@@H](CC2CCC(N)[NH2+]C2)C[C@@H]([C@]23CC[C@H]([C@H]([NH3+])C2)C(C)(C)O3)C1. The third-order valence-corrected chi connectivity index (χ3v) is 9.56. The minimum Gasteiger partial charge on any atom is -0.368 e. The Balaban J connectivity index is 1.48. The van der Waals surface area contributed by atoms with Gasteiger partial charge in [-0.25, -0.2) is 0 Å². The van der Waals surface area contributed by atoms with Gasteiger partial charge in [-0.05, 0) is 82.5 Å². The molecule has 5 rings (SSSR count). The molecule has 2 aliphatic carbocycles. The van der Waals surface area contributed by atoms with Gasteiger partial charge >= 0.3 is 0 Å². The van der Waals surface area contributed by atoms with Crippen LogP contribution in [0.3, 0.4) is 0 Å². The second kappa shape index (κ2) is 9.00. The summed E-state index contributed by atoms with van der Waals surface area (Å²) in [5.41, 5.74) is 10.9. The van der Waals surface area contributed by atoms with Crippen LogP contribution in [0.4, 0.5) is 0 Å². The molecule has 30 heavy (non-hydrogen) atoms. The van der Waals surface area contributed by atoms with Gasteiger partial charge in [0.1, 0.15) is 6.17 Å². The van der Waals surface area contributed by atoms with Crippen molar-refractivity contribution in [2.45, 2.75) is 122 Å². The molecule has 4 heteroatoms. The van der Waals surface area contributed by atoms with Crippen molar-refractivity contribution in [3.63, 3.8) is 0 Å². The highest BCUT2D eigenvalue weighted by atomic mass is 16.5. The maximum atomic E-state index is 7.03. The van der Waals surface area contributed by atoms with Crippen LogP contribution in [0.25, 0.3) is 0 Å². The molecule has 3 aliphatic heterocycles. The Kier molecular flexibility index (Phi) is 6.90. The molecule has 2 saturated carbocycles. The average molecular weight is 422 g/mol. The van der Waals surface area contributed by atoms with Crippen LogP contribution >= 0.6 is 0 Å². The lowest BCUT2D eigenvalue weighted by atomic mass is 9.57. The number of fused-ring (bicyclic) bond motifs is 3. The van der Waals surface area contributed by atoms with Gasteiger partial charge in [-0.15, -0.1) is 0 Å². The summed E-state index contributed by atoms with van der Waals surface area (Å²) in [7, 11) is 0. The van der Waals surface area contributed by atoms with E-state index in [2.05, 4.69) is 38.7 Å². The largest absolute Gasteiger partial charge is 0.368 e. The zero-order chi connectivity index (χ0) is 21.5. The summed E-state index contributed by atoms with van der Waals surface area (Å²) < 4.78 is 7.03. The fourth-order valence-corrected chi connectivity index (χ4v) is 8.09. The summed E-state index contributed by atoms with van der Waals surface area (Å²) in [6, 6.07) is 0.575. The van der Waals surface area contributed by atoms with E-state index in [1.807, 2.05) is 0 Å². The van der Waals surface area contributed by atoms with E-state index in [0.717, 1.165) is 29.6 Å². The van der Waals surface area contributed by atoms with Crippen LogP contribution in [0.2, 0.25) is 0 Å². The van der Waals surface area contributed by atoms with E-state index in [1.54, 1.807) is 0 Å². The molecule has 2 unspecified atom stereocenters. The molecular formula is C26H51N3O+2. The van der Waals surface area contributed by atoms with Crippen LogP contribution in [0.1, 0.15) is 98.3 Å². The van der Waals surface area contributed by atoms with Crippen molar-refractivity contribution in [3.05, 3.63) is 0 Å². The maximum absolute atomic E-state index is 7.03. The Morgan fingerprint density at radius 3 is 2.47 bits per heavy atom. The fourth-order valence-electron chi connectivity index (χ4n) is 8.09. The second-order valence-electron chi connectivity index (χ2n) is 12.8. The Morgan fingerprint density at radius 2 is 1.83 bits per heavy atom. The lowest BCUT2D eigenvalue weighted by Crippen LogP contribution is -2.95. The van der Waals surface area contributed by atoms with Gasteiger partial charge in [-0.3, -0.25) is 5.73 Å². The number of ether oxygens (including phenoxy) is 1. The maximum Gasteiger partial charge on any atom is 0.137 e. The van der Waals surface area contributed by atoms with E-state index in [4.69, 9.17) is 10.5 Å². The number of nitrogens with two attached hydrogens (primary N) is 2. The third kappa shape index (κ3) is 4.92. The molecule has 7 N–H and O–H groups in total. The van der Waals surface area contributed by atoms with Gasteiger partial charge < -0.3 is 15.8 Å². The van der Waals surface area contributed by atoms with Gasteiger partial charge in [-0.2, -0.15) is 0 Å². The van der Waals surface area contributed by atoms with Crippen LogP contribution in [0, 0.1) is 35.5 Å². The Labute approximate surface area is 185 Å². The lowest BCUT2D eigenvalue weighted by Gasteiger charge is -2.60. The second-order valence-corrected chi connectivity index (χ2v) is 12.8. The predicted octanol–water partition coefficient (Wildman–Crippen LogP) is 3.06. The first kappa shape index (κ1) is 23.0. The number of quaternary nitrogens is 2. The van der Waals surface area contributed by atoms with Gasteiger partial charge in [0, 0.05) is 24.7 Å². The van der Waals surface area contributed by atoms with E-state index in [-0.39, 0.29) is 11.2 Å². The van der Waals surface area contributed by atoms with Gasteiger partial charge in [0.2, 0.25) is 0 Å². The van der Waals surface area contributed by atoms with Crippen LogP contribution in [-0.4, -0.2) is 30.0 Å². The van der Waals surface area contributed by atoms with E-state index in [9.17, 15) is 0 Å². The molecular weight excluding hydrogens is 370 g/mol. The smallest absolute Gasteiger partial charge is 0.137 e. The summed E-state index contributed by atoms with van der Waals surface area (Å²) >= 11 is 0. The fraction of sp³-hybridized carbons (Fsp3) is 1.00. The average Bonchev–Trinajstić information content (AvgIpc) is 2.67. The first-order valence-corrected chi connectivity index (χ1v) is 13.3. The van der Waals surface area contributed by atoms with Crippen molar-refractivity contribution in [2.24, 2.45) is 41.2 Å². The van der Waals surface area contributed by atoms with Crippen molar-refractivity contribution in [2.75, 3.05) is 6.54 Å². The highest BCUT2D eigenvalue weighted by Crippen LogP contribution is 2.56. The zero-order valence-corrected chi connectivity index (χ0v) is 20.4. The lowest BCUT2D eigenvalue weighted by molar-refractivity contribution is -0.703. The Morgan fingerprint density at radius 1 is 1.07 bits per heavy atom. The van der Waals surface area contributed by atoms with Crippen LogP contribution < -0.4 is 16.8 Å². The zero-order valence-electron chi connectivity index (χ0n) is 20.4. The number of piperidine rings is 1. The summed E-state index contributed by atoms with van der Waals surface area (Å²) in [5, 5.41) is 2.39. The third-order valence-electron chi connectivity index (χ3n) is 9.56. The molecule has 8 atom stereocenters. The van der Waals surface area contributed by atoms with E-state index < -0.39 is 0 Å². The molecule has 3 saturated heterocycles. The molecule has 0 radical (unpaired) electrons. The number of hydrogen-bond donors (Lipinski definition) is 3. The molecule has 2 bridgehead atoms. The highest BCUT2D eigenvalue weighted by molar-refractivity contribution is 5.07. The molecule has 3 heterocycles. The standard InChI is InChI=1S/C26H49N3O/c1-17(2)5-6-18-11-20(12-19-7-8-24(28)29-16-19)14-21(13-18)26-10-9-22(23(27)15-26)25(3,4)30-26/h17-24,29H,5-16,27-28H2,1-4H3/p+2/t18-,19?,20-,21-,22+,23+,24?,26-/m0/s1. The van der Waals surface area contributed by atoms with Gasteiger partial charge in [0.25, 0.3) is 0 Å². The van der Waals surface area contributed by atoms with Gasteiger partial charge in [-0.1, -0.05) is 26.7 Å². The molecule has 4 nitrogen and oxygen atoms in total. The molecule has 0 amide bonds. The van der Waals surface area contributed by atoms with Gasteiger partial charge in [0.15, 0.2) is 0 Å². The topological polar surface area (TPSA) is 79.5 Å². The minimum absolute atomic E-state index is 0.0117. The van der Waals surface area contributed by atoms with Crippen molar-refractivity contribution in [1.29, 1.82) is 0 Å². The van der Waals surface area contributed by atoms with E-state index in [0.29, 0.717) is 18.1 Å². The molecule has 0 spiro atoms. The molecule has 5 fully saturated rings. The normalized spacial score (nSPS) is 46.3. The minimum atomic E-state index is 0.0117. The highest BCUT2D eigenvalue weighted by Gasteiger charge is 2.59. The first-order chi connectivity index (χ1) is 14.2. The predicted molar refractivity (Wildman–Crippen MR) is 122 cm³/mol. The van der Waals surface area contributed by atoms with Crippen LogP contribution in [0.15, 0.2) is 0 Å². The summed E-state index contributed by atoms with van der Waals surface area (Å²) in [6.45, 7) is 10.7. The van der Waals surface area contributed by atoms with E-state index >= 15 is 0 Å². The number of hydrogen-bond acceptors (Lipinski definition) is 2. The summed E-state index contributed by atoms with van der Waals surface area (Å²) in [6.07, 6.45) is 15.2. The molecule has 0 aromatic rings. The monoisotopic (exact) mass is 421 g/mol. The van der Waals surface area contributed by atoms with E-state index in [1.165, 1.54) is 77.2 Å². The molecule has 174 valence electrons. The van der Waals surface area contributed by atoms with Crippen molar-refractivity contribution >= 4 is 0 Å². The summed E-state index contributed by atoms with van der Waals surface area (Å²) in [4.78, 5) is 0. The first-order valence-electron chi connectivity index (χ1n) is 13.3. The molecule has 5 aliphatic rings. The van der Waals surface area contributed by atoms with Crippen LogP contribution in [-0.2, 0) is 4.74 Å². The Bertz CT molecular complexity index is 571. The van der Waals surface area contributed by atoms with Crippen molar-refractivity contribution in [1.82, 2.24) is 0 Å². The quantitative estimate of drug-likeness (QED) is 0.616. The molecule has 0 aromatic carbocycles. The van der Waals surface area contributed by atoms with Crippen molar-refractivity contribution < 1.29 is 15.8 Å².